The molecule has 110 valence electrons. The van der Waals surface area contributed by atoms with E-state index in [2.05, 4.69) is 4.72 Å². The third-order valence-electron chi connectivity index (χ3n) is 3.41. The molecule has 3 N–H and O–H groups in total. The summed E-state index contributed by atoms with van der Waals surface area (Å²) in [5.41, 5.74) is 6.68. The maximum atomic E-state index is 12.3. The van der Waals surface area contributed by atoms with Gasteiger partial charge in [0.05, 0.1) is 4.88 Å². The number of hydrogen-bond donors (Lipinski definition) is 2. The van der Waals surface area contributed by atoms with Crippen LogP contribution in [0.4, 0.5) is 0 Å². The van der Waals surface area contributed by atoms with Crippen molar-refractivity contribution in [3.05, 3.63) is 52.9 Å². The van der Waals surface area contributed by atoms with E-state index in [1.165, 1.54) is 5.56 Å². The van der Waals surface area contributed by atoms with Crippen molar-refractivity contribution in [3.8, 4) is 0 Å². The Balaban J connectivity index is 1.71. The van der Waals surface area contributed by atoms with Gasteiger partial charge >= 0.3 is 0 Å². The zero-order chi connectivity index (χ0) is 15.0. The molecule has 0 amide bonds. The van der Waals surface area contributed by atoms with Crippen LogP contribution in [0, 0.1) is 0 Å². The van der Waals surface area contributed by atoms with Gasteiger partial charge < -0.3 is 5.73 Å². The highest BCUT2D eigenvalue weighted by Gasteiger charge is 2.41. The summed E-state index contributed by atoms with van der Waals surface area (Å²) in [4.78, 5) is 0.829. The molecule has 0 spiro atoms. The minimum absolute atomic E-state index is 0.0345. The Hall–Kier alpha value is -1.28. The fourth-order valence-corrected chi connectivity index (χ4v) is 4.91. The van der Waals surface area contributed by atoms with Crippen molar-refractivity contribution in [2.24, 2.45) is 5.73 Å². The molecule has 1 aliphatic carbocycles. The lowest BCUT2D eigenvalue weighted by Crippen LogP contribution is -2.26. The zero-order valence-corrected chi connectivity index (χ0v) is 13.5. The number of thiophene rings is 1. The van der Waals surface area contributed by atoms with E-state index < -0.39 is 10.0 Å². The van der Waals surface area contributed by atoms with Crippen LogP contribution in [-0.4, -0.2) is 19.4 Å². The summed E-state index contributed by atoms with van der Waals surface area (Å²) < 4.78 is 27.6. The summed E-state index contributed by atoms with van der Waals surface area (Å²) in [6.45, 7) is 0. The van der Waals surface area contributed by atoms with Crippen LogP contribution in [0.3, 0.4) is 0 Å². The van der Waals surface area contributed by atoms with Crippen molar-refractivity contribution in [1.29, 1.82) is 0 Å². The third kappa shape index (κ3) is 3.16. The van der Waals surface area contributed by atoms with Crippen molar-refractivity contribution in [2.45, 2.75) is 22.6 Å². The molecule has 1 aromatic heterocycles. The highest BCUT2D eigenvalue weighted by molar-refractivity contribution is 7.91. The average Bonchev–Trinajstić information content (AvgIpc) is 3.01. The van der Waals surface area contributed by atoms with Crippen LogP contribution < -0.4 is 10.5 Å². The summed E-state index contributed by atoms with van der Waals surface area (Å²) in [6, 6.07) is 13.1. The van der Waals surface area contributed by atoms with Crippen LogP contribution in [0.1, 0.15) is 22.8 Å². The molecule has 1 saturated carbocycles. The standard InChI is InChI=1S/C14H14N2O2S3/c15-14(19)12-6-7-13(20-12)21(17,18)16-11-8-10(11)9-4-2-1-3-5-9/h1-7,10-11,16H,8H2,(H2,15,19). The van der Waals surface area contributed by atoms with Crippen LogP contribution in [0.2, 0.25) is 0 Å². The van der Waals surface area contributed by atoms with E-state index in [0.29, 0.717) is 4.88 Å². The van der Waals surface area contributed by atoms with E-state index in [9.17, 15) is 8.42 Å². The van der Waals surface area contributed by atoms with Crippen molar-refractivity contribution < 1.29 is 8.42 Å². The molecule has 0 aliphatic heterocycles. The fraction of sp³-hybridized carbons (Fsp3) is 0.214. The molecule has 7 heteroatoms. The van der Waals surface area contributed by atoms with Gasteiger partial charge in [0.25, 0.3) is 0 Å². The predicted octanol–water partition coefficient (Wildman–Crippen LogP) is 2.22. The van der Waals surface area contributed by atoms with Gasteiger partial charge in [-0.2, -0.15) is 0 Å². The molecule has 1 fully saturated rings. The van der Waals surface area contributed by atoms with E-state index in [1.54, 1.807) is 12.1 Å². The highest BCUT2D eigenvalue weighted by atomic mass is 32.2. The second-order valence-corrected chi connectivity index (χ2v) is 8.43. The molecule has 4 nitrogen and oxygen atoms in total. The quantitative estimate of drug-likeness (QED) is 0.820. The third-order valence-corrected chi connectivity index (χ3v) is 6.86. The summed E-state index contributed by atoms with van der Waals surface area (Å²) >= 11 is 5.95. The van der Waals surface area contributed by atoms with E-state index in [-0.39, 0.29) is 21.2 Å². The smallest absolute Gasteiger partial charge is 0.250 e. The van der Waals surface area contributed by atoms with E-state index in [4.69, 9.17) is 18.0 Å². The number of thiocarbonyl (C=S) groups is 1. The largest absolute Gasteiger partial charge is 0.389 e. The maximum Gasteiger partial charge on any atom is 0.250 e. The number of rotatable bonds is 5. The average molecular weight is 338 g/mol. The Morgan fingerprint density at radius 3 is 2.57 bits per heavy atom. The van der Waals surface area contributed by atoms with E-state index >= 15 is 0 Å². The monoisotopic (exact) mass is 338 g/mol. The first-order chi connectivity index (χ1) is 9.97. The van der Waals surface area contributed by atoms with Crippen LogP contribution >= 0.6 is 23.6 Å². The zero-order valence-electron chi connectivity index (χ0n) is 11.0. The molecule has 0 radical (unpaired) electrons. The number of sulfonamides is 1. The van der Waals surface area contributed by atoms with Gasteiger partial charge in [-0.25, -0.2) is 13.1 Å². The van der Waals surface area contributed by atoms with Crippen LogP contribution in [0.25, 0.3) is 0 Å². The number of hydrogen-bond acceptors (Lipinski definition) is 4. The van der Waals surface area contributed by atoms with Crippen LogP contribution in [0.15, 0.2) is 46.7 Å². The first-order valence-electron chi connectivity index (χ1n) is 6.44. The molecule has 21 heavy (non-hydrogen) atoms. The Morgan fingerprint density at radius 2 is 1.95 bits per heavy atom. The number of nitrogens with one attached hydrogen (secondary N) is 1. The summed E-state index contributed by atoms with van der Waals surface area (Å²) in [5.74, 6) is 0.260. The second-order valence-electron chi connectivity index (χ2n) is 4.96. The molecule has 1 aliphatic rings. The normalized spacial score (nSPS) is 21.1. The Morgan fingerprint density at radius 1 is 1.24 bits per heavy atom. The van der Waals surface area contributed by atoms with Gasteiger partial charge in [0, 0.05) is 12.0 Å². The molecule has 1 heterocycles. The van der Waals surface area contributed by atoms with Crippen LogP contribution in [0.5, 0.6) is 0 Å². The van der Waals surface area contributed by atoms with E-state index in [0.717, 1.165) is 17.8 Å². The maximum absolute atomic E-state index is 12.3. The Bertz CT molecular complexity index is 769. The molecule has 1 aromatic carbocycles. The number of benzene rings is 1. The lowest BCUT2D eigenvalue weighted by Gasteiger charge is -2.04. The van der Waals surface area contributed by atoms with Gasteiger partial charge in [0.15, 0.2) is 0 Å². The number of nitrogens with two attached hydrogens (primary N) is 1. The molecule has 2 aromatic rings. The molecular weight excluding hydrogens is 324 g/mol. The molecule has 0 saturated heterocycles. The topological polar surface area (TPSA) is 72.2 Å². The van der Waals surface area contributed by atoms with Crippen molar-refractivity contribution >= 4 is 38.6 Å². The predicted molar refractivity (Wildman–Crippen MR) is 88.1 cm³/mol. The van der Waals surface area contributed by atoms with Crippen molar-refractivity contribution in [2.75, 3.05) is 0 Å². The second kappa shape index (κ2) is 5.49. The lowest BCUT2D eigenvalue weighted by molar-refractivity contribution is 0.582. The van der Waals surface area contributed by atoms with E-state index in [1.807, 2.05) is 30.3 Å². The Kier molecular flexibility index (Phi) is 3.83. The molecule has 3 rings (SSSR count). The molecule has 2 unspecified atom stereocenters. The summed E-state index contributed by atoms with van der Waals surface area (Å²) in [6.07, 6.45) is 0.830. The van der Waals surface area contributed by atoms with Gasteiger partial charge in [-0.1, -0.05) is 42.5 Å². The lowest BCUT2D eigenvalue weighted by atomic mass is 10.1. The minimum atomic E-state index is -3.50. The van der Waals surface area contributed by atoms with Gasteiger partial charge in [-0.15, -0.1) is 11.3 Å². The highest BCUT2D eigenvalue weighted by Crippen LogP contribution is 2.41. The Labute approximate surface area is 133 Å². The summed E-state index contributed by atoms with van der Waals surface area (Å²) in [5, 5.41) is 0. The molecule has 0 bridgehead atoms. The van der Waals surface area contributed by atoms with Gasteiger partial charge in [-0.05, 0) is 24.1 Å². The molecular formula is C14H14N2O2S3. The van der Waals surface area contributed by atoms with Gasteiger partial charge in [0.2, 0.25) is 10.0 Å². The first-order valence-corrected chi connectivity index (χ1v) is 9.15. The van der Waals surface area contributed by atoms with Crippen LogP contribution in [-0.2, 0) is 10.0 Å². The molecule has 2 atom stereocenters. The SMILES string of the molecule is NC(=S)c1ccc(S(=O)(=O)NC2CC2c2ccccc2)s1. The summed E-state index contributed by atoms with van der Waals surface area (Å²) in [7, 11) is -3.50. The van der Waals surface area contributed by atoms with Crippen molar-refractivity contribution in [1.82, 2.24) is 4.72 Å². The van der Waals surface area contributed by atoms with Gasteiger partial charge in [0.1, 0.15) is 9.20 Å². The van der Waals surface area contributed by atoms with Gasteiger partial charge in [-0.3, -0.25) is 0 Å². The first kappa shape index (κ1) is 14.6. The van der Waals surface area contributed by atoms with Crippen molar-refractivity contribution in [3.63, 3.8) is 0 Å². The minimum Gasteiger partial charge on any atom is -0.389 e. The fourth-order valence-electron chi connectivity index (χ4n) is 2.25.